The summed E-state index contributed by atoms with van der Waals surface area (Å²) in [5.41, 5.74) is 4.12. The summed E-state index contributed by atoms with van der Waals surface area (Å²) in [6.45, 7) is 5.75. The van der Waals surface area contributed by atoms with E-state index >= 15 is 0 Å². The van der Waals surface area contributed by atoms with Crippen LogP contribution in [0, 0.1) is 20.8 Å². The van der Waals surface area contributed by atoms with E-state index in [1.54, 1.807) is 6.07 Å². The van der Waals surface area contributed by atoms with Gasteiger partial charge in [-0.2, -0.15) is 0 Å². The molecule has 1 N–H and O–H groups in total. The number of benzene rings is 1. The molecule has 0 unspecified atom stereocenters. The Morgan fingerprint density at radius 2 is 1.89 bits per heavy atom. The van der Waals surface area contributed by atoms with Crippen LogP contribution in [0.25, 0.3) is 5.69 Å². The van der Waals surface area contributed by atoms with E-state index in [9.17, 15) is 4.79 Å². The van der Waals surface area contributed by atoms with Crippen LogP contribution < -0.4 is 0 Å². The lowest BCUT2D eigenvalue weighted by Gasteiger charge is -2.12. The van der Waals surface area contributed by atoms with Crippen LogP contribution in [-0.2, 0) is 0 Å². The van der Waals surface area contributed by atoms with Crippen molar-refractivity contribution in [3.05, 3.63) is 51.3 Å². The molecule has 0 fully saturated rings. The molecule has 1 aromatic carbocycles. The van der Waals surface area contributed by atoms with Gasteiger partial charge in [0, 0.05) is 15.9 Å². The third-order valence-electron chi connectivity index (χ3n) is 3.01. The van der Waals surface area contributed by atoms with Crippen molar-refractivity contribution in [1.29, 1.82) is 0 Å². The zero-order valence-electron chi connectivity index (χ0n) is 10.5. The molecule has 0 radical (unpaired) electrons. The van der Waals surface area contributed by atoms with Crippen molar-refractivity contribution in [3.63, 3.8) is 0 Å². The monoisotopic (exact) mass is 307 g/mol. The Bertz CT molecular complexity index is 629. The Labute approximate surface area is 114 Å². The lowest BCUT2D eigenvalue weighted by Crippen LogP contribution is -2.03. The molecule has 1 heterocycles. The first-order valence-corrected chi connectivity index (χ1v) is 6.40. The fourth-order valence-electron chi connectivity index (χ4n) is 2.14. The van der Waals surface area contributed by atoms with Crippen LogP contribution >= 0.6 is 15.9 Å². The van der Waals surface area contributed by atoms with Crippen LogP contribution in [0.4, 0.5) is 0 Å². The zero-order valence-corrected chi connectivity index (χ0v) is 12.1. The minimum atomic E-state index is -0.891. The largest absolute Gasteiger partial charge is 0.478 e. The summed E-state index contributed by atoms with van der Waals surface area (Å²) in [4.78, 5) is 11.1. The molecule has 1 aromatic heterocycles. The van der Waals surface area contributed by atoms with Gasteiger partial charge in [-0.05, 0) is 60.5 Å². The number of hydrogen-bond donors (Lipinski definition) is 1. The first-order valence-electron chi connectivity index (χ1n) is 5.60. The van der Waals surface area contributed by atoms with Gasteiger partial charge in [0.25, 0.3) is 0 Å². The molecule has 0 amide bonds. The van der Waals surface area contributed by atoms with Crippen LogP contribution in [0.3, 0.4) is 0 Å². The van der Waals surface area contributed by atoms with Crippen LogP contribution in [0.5, 0.6) is 0 Å². The Kier molecular flexibility index (Phi) is 3.30. The standard InChI is InChI=1S/C14H14BrNO2/c1-8-4-5-13(12(15)6-8)16-9(2)7-11(10(16)3)14(17)18/h4-7H,1-3H3,(H,17,18). The van der Waals surface area contributed by atoms with Crippen molar-refractivity contribution >= 4 is 21.9 Å². The number of carboxylic acid groups (broad SMARTS) is 1. The van der Waals surface area contributed by atoms with E-state index in [1.807, 2.05) is 43.5 Å². The summed E-state index contributed by atoms with van der Waals surface area (Å²) < 4.78 is 2.91. The molecule has 3 nitrogen and oxygen atoms in total. The molecule has 0 atom stereocenters. The van der Waals surface area contributed by atoms with Crippen molar-refractivity contribution in [2.45, 2.75) is 20.8 Å². The maximum atomic E-state index is 11.1. The van der Waals surface area contributed by atoms with Gasteiger partial charge in [0.2, 0.25) is 0 Å². The van der Waals surface area contributed by atoms with Crippen molar-refractivity contribution in [2.24, 2.45) is 0 Å². The average molecular weight is 308 g/mol. The zero-order chi connectivity index (χ0) is 13.4. The Morgan fingerprint density at radius 1 is 1.22 bits per heavy atom. The van der Waals surface area contributed by atoms with Crippen LogP contribution in [0.2, 0.25) is 0 Å². The minimum absolute atomic E-state index is 0.347. The van der Waals surface area contributed by atoms with Crippen molar-refractivity contribution in [2.75, 3.05) is 0 Å². The van der Waals surface area contributed by atoms with Crippen molar-refractivity contribution < 1.29 is 9.90 Å². The molecule has 2 aromatic rings. The predicted molar refractivity (Wildman–Crippen MR) is 74.6 cm³/mol. The lowest BCUT2D eigenvalue weighted by molar-refractivity contribution is 0.0696. The molecule has 2 rings (SSSR count). The summed E-state index contributed by atoms with van der Waals surface area (Å²) in [7, 11) is 0. The topological polar surface area (TPSA) is 42.2 Å². The number of halogens is 1. The Hall–Kier alpha value is -1.55. The number of aryl methyl sites for hydroxylation is 2. The number of carboxylic acids is 1. The number of aromatic carboxylic acids is 1. The van der Waals surface area contributed by atoms with E-state index in [0.717, 1.165) is 27.1 Å². The molecule has 0 saturated heterocycles. The number of nitrogens with zero attached hydrogens (tertiary/aromatic N) is 1. The summed E-state index contributed by atoms with van der Waals surface area (Å²) in [6.07, 6.45) is 0. The van der Waals surface area contributed by atoms with E-state index in [4.69, 9.17) is 5.11 Å². The summed E-state index contributed by atoms with van der Waals surface area (Å²) >= 11 is 3.53. The van der Waals surface area contributed by atoms with E-state index in [1.165, 1.54) is 0 Å². The van der Waals surface area contributed by atoms with Gasteiger partial charge in [0.15, 0.2) is 0 Å². The maximum absolute atomic E-state index is 11.1. The molecule has 0 aliphatic carbocycles. The highest BCUT2D eigenvalue weighted by molar-refractivity contribution is 9.10. The normalized spacial score (nSPS) is 10.7. The van der Waals surface area contributed by atoms with E-state index in [2.05, 4.69) is 15.9 Å². The van der Waals surface area contributed by atoms with E-state index in [0.29, 0.717) is 5.56 Å². The second-order valence-corrected chi connectivity index (χ2v) is 5.23. The Morgan fingerprint density at radius 3 is 2.39 bits per heavy atom. The van der Waals surface area contributed by atoms with Gasteiger partial charge in [-0.3, -0.25) is 0 Å². The third kappa shape index (κ3) is 2.08. The third-order valence-corrected chi connectivity index (χ3v) is 3.64. The van der Waals surface area contributed by atoms with Crippen LogP contribution in [0.15, 0.2) is 28.7 Å². The molecule has 0 aliphatic rings. The molecular formula is C14H14BrNO2. The number of rotatable bonds is 2. The number of aromatic nitrogens is 1. The summed E-state index contributed by atoms with van der Waals surface area (Å²) in [6, 6.07) is 7.73. The molecule has 18 heavy (non-hydrogen) atoms. The summed E-state index contributed by atoms with van der Waals surface area (Å²) in [5.74, 6) is -0.891. The highest BCUT2D eigenvalue weighted by atomic mass is 79.9. The first kappa shape index (κ1) is 12.9. The molecule has 4 heteroatoms. The molecule has 0 bridgehead atoms. The maximum Gasteiger partial charge on any atom is 0.337 e. The van der Waals surface area contributed by atoms with Crippen molar-refractivity contribution in [3.8, 4) is 5.69 Å². The van der Waals surface area contributed by atoms with Crippen LogP contribution in [0.1, 0.15) is 27.3 Å². The van der Waals surface area contributed by atoms with E-state index in [-0.39, 0.29) is 0 Å². The second kappa shape index (κ2) is 4.61. The second-order valence-electron chi connectivity index (χ2n) is 4.38. The number of hydrogen-bond acceptors (Lipinski definition) is 1. The molecule has 0 aliphatic heterocycles. The molecule has 0 saturated carbocycles. The van der Waals surface area contributed by atoms with Crippen LogP contribution in [-0.4, -0.2) is 15.6 Å². The lowest BCUT2D eigenvalue weighted by atomic mass is 10.2. The number of carbonyl (C=O) groups is 1. The van der Waals surface area contributed by atoms with E-state index < -0.39 is 5.97 Å². The highest BCUT2D eigenvalue weighted by Crippen LogP contribution is 2.27. The van der Waals surface area contributed by atoms with Gasteiger partial charge < -0.3 is 9.67 Å². The average Bonchev–Trinajstić information content (AvgIpc) is 2.56. The van der Waals surface area contributed by atoms with Gasteiger partial charge in [0.1, 0.15) is 0 Å². The van der Waals surface area contributed by atoms with Gasteiger partial charge in [-0.1, -0.05) is 6.07 Å². The minimum Gasteiger partial charge on any atom is -0.478 e. The predicted octanol–water partition coefficient (Wildman–Crippen LogP) is 3.86. The van der Waals surface area contributed by atoms with Gasteiger partial charge in [-0.15, -0.1) is 0 Å². The SMILES string of the molecule is Cc1ccc(-n2c(C)cc(C(=O)O)c2C)c(Br)c1. The van der Waals surface area contributed by atoms with Gasteiger partial charge in [0.05, 0.1) is 11.3 Å². The fraction of sp³-hybridized carbons (Fsp3) is 0.214. The fourth-order valence-corrected chi connectivity index (χ4v) is 2.81. The molecule has 0 spiro atoms. The quantitative estimate of drug-likeness (QED) is 0.915. The van der Waals surface area contributed by atoms with Gasteiger partial charge in [-0.25, -0.2) is 4.79 Å². The first-order chi connectivity index (χ1) is 8.41. The van der Waals surface area contributed by atoms with Gasteiger partial charge >= 0.3 is 5.97 Å². The Balaban J connectivity index is 2.68. The highest BCUT2D eigenvalue weighted by Gasteiger charge is 2.16. The summed E-state index contributed by atoms with van der Waals surface area (Å²) in [5, 5.41) is 9.14. The molecular weight excluding hydrogens is 294 g/mol. The smallest absolute Gasteiger partial charge is 0.337 e. The van der Waals surface area contributed by atoms with Crippen molar-refractivity contribution in [1.82, 2.24) is 4.57 Å². The molecule has 94 valence electrons.